The summed E-state index contributed by atoms with van der Waals surface area (Å²) in [4.78, 5) is 13.3. The summed E-state index contributed by atoms with van der Waals surface area (Å²) in [6, 6.07) is 0. The van der Waals surface area contributed by atoms with Crippen molar-refractivity contribution in [2.75, 3.05) is 26.2 Å². The summed E-state index contributed by atoms with van der Waals surface area (Å²) < 4.78 is 4.98. The number of likely N-dealkylation sites (tertiary alicyclic amines) is 1. The molecule has 1 amide bonds. The number of ether oxygens (including phenoxy) is 1. The van der Waals surface area contributed by atoms with Gasteiger partial charge in [0.2, 0.25) is 5.91 Å². The molecular formula is C10H18N2O2. The Balaban J connectivity index is 2.18. The first-order valence-electron chi connectivity index (χ1n) is 4.98. The molecule has 1 atom stereocenters. The summed E-state index contributed by atoms with van der Waals surface area (Å²) >= 11 is 0. The van der Waals surface area contributed by atoms with E-state index in [0.717, 1.165) is 19.5 Å². The molecule has 1 saturated heterocycles. The Morgan fingerprint density at radius 1 is 1.71 bits per heavy atom. The summed E-state index contributed by atoms with van der Waals surface area (Å²) in [6.45, 7) is 6.26. The van der Waals surface area contributed by atoms with E-state index >= 15 is 0 Å². The Labute approximate surface area is 84.7 Å². The van der Waals surface area contributed by atoms with E-state index in [1.54, 1.807) is 0 Å². The summed E-state index contributed by atoms with van der Waals surface area (Å²) in [5.74, 6) is 0.571. The molecule has 1 rings (SSSR count). The van der Waals surface area contributed by atoms with Crippen LogP contribution in [0.15, 0.2) is 12.8 Å². The number of carbonyl (C=O) groups is 1. The van der Waals surface area contributed by atoms with Crippen LogP contribution in [0.25, 0.3) is 0 Å². The third kappa shape index (κ3) is 3.03. The highest BCUT2D eigenvalue weighted by atomic mass is 16.5. The average Bonchev–Trinajstić information content (AvgIpc) is 2.54. The van der Waals surface area contributed by atoms with Crippen LogP contribution in [0, 0.1) is 5.92 Å². The number of hydrogen-bond acceptors (Lipinski definition) is 3. The standard InChI is InChI=1S/C10H18N2O2/c1-2-14-5-3-4-12-8-9(7-11)6-10(12)13/h2,9H,1,3-8,11H2. The predicted octanol–water partition coefficient (Wildman–Crippen LogP) is 0.344. The second kappa shape index (κ2) is 5.65. The van der Waals surface area contributed by atoms with Crippen LogP contribution in [0.2, 0.25) is 0 Å². The van der Waals surface area contributed by atoms with Crippen molar-refractivity contribution in [3.05, 3.63) is 12.8 Å². The molecule has 0 radical (unpaired) electrons. The molecule has 0 bridgehead atoms. The first kappa shape index (κ1) is 11.0. The fourth-order valence-corrected chi connectivity index (χ4v) is 1.65. The number of amides is 1. The Bertz CT molecular complexity index is 206. The second-order valence-electron chi connectivity index (χ2n) is 3.54. The summed E-state index contributed by atoms with van der Waals surface area (Å²) in [7, 11) is 0. The van der Waals surface area contributed by atoms with Gasteiger partial charge in [0.15, 0.2) is 0 Å². The third-order valence-electron chi connectivity index (χ3n) is 2.44. The first-order valence-corrected chi connectivity index (χ1v) is 4.98. The summed E-state index contributed by atoms with van der Waals surface area (Å²) in [6.07, 6.45) is 2.89. The molecule has 1 unspecified atom stereocenters. The number of carbonyl (C=O) groups excluding carboxylic acids is 1. The van der Waals surface area contributed by atoms with E-state index in [1.165, 1.54) is 6.26 Å². The van der Waals surface area contributed by atoms with Crippen LogP contribution in [0.5, 0.6) is 0 Å². The van der Waals surface area contributed by atoms with Crippen molar-refractivity contribution in [3.8, 4) is 0 Å². The highest BCUT2D eigenvalue weighted by molar-refractivity contribution is 5.78. The van der Waals surface area contributed by atoms with E-state index in [-0.39, 0.29) is 5.91 Å². The van der Waals surface area contributed by atoms with Crippen molar-refractivity contribution in [3.63, 3.8) is 0 Å². The van der Waals surface area contributed by atoms with Gasteiger partial charge in [0, 0.05) is 19.5 Å². The fourth-order valence-electron chi connectivity index (χ4n) is 1.65. The molecule has 80 valence electrons. The van der Waals surface area contributed by atoms with E-state index in [0.29, 0.717) is 25.5 Å². The van der Waals surface area contributed by atoms with Gasteiger partial charge in [-0.3, -0.25) is 4.79 Å². The lowest BCUT2D eigenvalue weighted by Crippen LogP contribution is -2.27. The van der Waals surface area contributed by atoms with E-state index in [9.17, 15) is 4.79 Å². The minimum absolute atomic E-state index is 0.221. The van der Waals surface area contributed by atoms with Gasteiger partial charge in [-0.2, -0.15) is 0 Å². The molecule has 1 heterocycles. The van der Waals surface area contributed by atoms with Crippen LogP contribution in [0.1, 0.15) is 12.8 Å². The topological polar surface area (TPSA) is 55.6 Å². The molecule has 0 aromatic carbocycles. The zero-order valence-electron chi connectivity index (χ0n) is 8.45. The number of nitrogens with two attached hydrogens (primary N) is 1. The van der Waals surface area contributed by atoms with Crippen LogP contribution in [-0.4, -0.2) is 37.0 Å². The summed E-state index contributed by atoms with van der Waals surface area (Å²) in [5, 5.41) is 0. The van der Waals surface area contributed by atoms with Gasteiger partial charge in [-0.1, -0.05) is 6.58 Å². The van der Waals surface area contributed by atoms with Gasteiger partial charge in [-0.05, 0) is 18.9 Å². The van der Waals surface area contributed by atoms with E-state index in [4.69, 9.17) is 10.5 Å². The largest absolute Gasteiger partial charge is 0.502 e. The number of nitrogens with zero attached hydrogens (tertiary/aromatic N) is 1. The second-order valence-corrected chi connectivity index (χ2v) is 3.54. The Kier molecular flexibility index (Phi) is 4.46. The molecule has 4 heteroatoms. The van der Waals surface area contributed by atoms with Crippen molar-refractivity contribution in [1.82, 2.24) is 4.90 Å². The zero-order chi connectivity index (χ0) is 10.4. The van der Waals surface area contributed by atoms with Gasteiger partial charge in [0.1, 0.15) is 0 Å². The molecule has 0 spiro atoms. The maximum Gasteiger partial charge on any atom is 0.222 e. The molecule has 2 N–H and O–H groups in total. The molecule has 4 nitrogen and oxygen atoms in total. The smallest absolute Gasteiger partial charge is 0.222 e. The minimum atomic E-state index is 0.221. The predicted molar refractivity (Wildman–Crippen MR) is 54.5 cm³/mol. The Hall–Kier alpha value is -1.03. The molecular weight excluding hydrogens is 180 g/mol. The van der Waals surface area contributed by atoms with Crippen molar-refractivity contribution in [2.24, 2.45) is 11.7 Å². The van der Waals surface area contributed by atoms with Crippen molar-refractivity contribution in [2.45, 2.75) is 12.8 Å². The van der Waals surface area contributed by atoms with Crippen LogP contribution in [-0.2, 0) is 9.53 Å². The van der Waals surface area contributed by atoms with Crippen molar-refractivity contribution >= 4 is 5.91 Å². The molecule has 0 saturated carbocycles. The van der Waals surface area contributed by atoms with Crippen LogP contribution in [0.3, 0.4) is 0 Å². The van der Waals surface area contributed by atoms with E-state index in [1.807, 2.05) is 4.90 Å². The van der Waals surface area contributed by atoms with Gasteiger partial charge in [0.05, 0.1) is 12.9 Å². The van der Waals surface area contributed by atoms with Crippen LogP contribution < -0.4 is 5.73 Å². The Morgan fingerprint density at radius 2 is 2.50 bits per heavy atom. The lowest BCUT2D eigenvalue weighted by atomic mass is 10.1. The quantitative estimate of drug-likeness (QED) is 0.494. The van der Waals surface area contributed by atoms with Crippen LogP contribution >= 0.6 is 0 Å². The molecule has 1 fully saturated rings. The average molecular weight is 198 g/mol. The lowest BCUT2D eigenvalue weighted by Gasteiger charge is -2.15. The minimum Gasteiger partial charge on any atom is -0.502 e. The molecule has 0 aliphatic carbocycles. The fraction of sp³-hybridized carbons (Fsp3) is 0.700. The number of rotatable bonds is 6. The van der Waals surface area contributed by atoms with E-state index in [2.05, 4.69) is 6.58 Å². The molecule has 1 aliphatic rings. The molecule has 1 aliphatic heterocycles. The molecule has 0 aromatic rings. The third-order valence-corrected chi connectivity index (χ3v) is 2.44. The maximum absolute atomic E-state index is 11.4. The highest BCUT2D eigenvalue weighted by Gasteiger charge is 2.27. The van der Waals surface area contributed by atoms with E-state index < -0.39 is 0 Å². The molecule has 0 aromatic heterocycles. The highest BCUT2D eigenvalue weighted by Crippen LogP contribution is 2.16. The maximum atomic E-state index is 11.4. The lowest BCUT2D eigenvalue weighted by molar-refractivity contribution is -0.127. The van der Waals surface area contributed by atoms with Gasteiger partial charge in [-0.15, -0.1) is 0 Å². The Morgan fingerprint density at radius 3 is 3.07 bits per heavy atom. The van der Waals surface area contributed by atoms with Gasteiger partial charge < -0.3 is 15.4 Å². The number of hydrogen-bond donors (Lipinski definition) is 1. The van der Waals surface area contributed by atoms with Gasteiger partial charge in [0.25, 0.3) is 0 Å². The van der Waals surface area contributed by atoms with Crippen LogP contribution in [0.4, 0.5) is 0 Å². The normalized spacial score (nSPS) is 21.4. The first-order chi connectivity index (χ1) is 6.77. The van der Waals surface area contributed by atoms with Crippen molar-refractivity contribution in [1.29, 1.82) is 0 Å². The molecule has 14 heavy (non-hydrogen) atoms. The van der Waals surface area contributed by atoms with Crippen molar-refractivity contribution < 1.29 is 9.53 Å². The van der Waals surface area contributed by atoms with Gasteiger partial charge in [-0.25, -0.2) is 0 Å². The SMILES string of the molecule is C=COCCCN1CC(CN)CC1=O. The summed E-state index contributed by atoms with van der Waals surface area (Å²) in [5.41, 5.74) is 5.52. The monoisotopic (exact) mass is 198 g/mol. The zero-order valence-corrected chi connectivity index (χ0v) is 8.45. The van der Waals surface area contributed by atoms with Gasteiger partial charge >= 0.3 is 0 Å².